The highest BCUT2D eigenvalue weighted by molar-refractivity contribution is 5.07. The topological polar surface area (TPSA) is 22.9 Å². The zero-order chi connectivity index (χ0) is 16.5. The lowest BCUT2D eigenvalue weighted by atomic mass is 9.92. The quantitative estimate of drug-likeness (QED) is 0.827. The van der Waals surface area contributed by atoms with E-state index in [-0.39, 0.29) is 0 Å². The van der Waals surface area contributed by atoms with E-state index in [0.29, 0.717) is 0 Å². The number of furan rings is 1. The van der Waals surface area contributed by atoms with Crippen molar-refractivity contribution in [1.82, 2.24) is 14.7 Å². The summed E-state index contributed by atoms with van der Waals surface area (Å²) in [4.78, 5) is 8.01. The minimum atomic E-state index is 0.772. The molecule has 24 heavy (non-hydrogen) atoms. The van der Waals surface area contributed by atoms with Crippen LogP contribution in [0.2, 0.25) is 0 Å². The second-order valence-corrected chi connectivity index (χ2v) is 8.14. The molecule has 1 aromatic rings. The van der Waals surface area contributed by atoms with Gasteiger partial charge >= 0.3 is 0 Å². The van der Waals surface area contributed by atoms with Gasteiger partial charge in [0, 0.05) is 38.1 Å². The molecule has 3 atom stereocenters. The van der Waals surface area contributed by atoms with Gasteiger partial charge in [0.15, 0.2) is 0 Å². The van der Waals surface area contributed by atoms with E-state index in [1.807, 2.05) is 0 Å². The SMILES string of the molecule is CCc1ccc(CN2CC[C@H]3[C@H](C[C@@H](CN4CCCC4)N3C)C2)o1. The first-order valence-corrected chi connectivity index (χ1v) is 9.97. The van der Waals surface area contributed by atoms with Crippen LogP contribution >= 0.6 is 0 Å². The maximum atomic E-state index is 5.92. The summed E-state index contributed by atoms with van der Waals surface area (Å²) in [5.74, 6) is 3.10. The fourth-order valence-corrected chi connectivity index (χ4v) is 5.18. The van der Waals surface area contributed by atoms with Crippen LogP contribution in [0.15, 0.2) is 16.5 Å². The molecule has 3 fully saturated rings. The van der Waals surface area contributed by atoms with E-state index in [0.717, 1.165) is 42.5 Å². The number of nitrogens with zero attached hydrogens (tertiary/aromatic N) is 3. The van der Waals surface area contributed by atoms with Crippen molar-refractivity contribution in [3.63, 3.8) is 0 Å². The molecular formula is C20H33N3O. The van der Waals surface area contributed by atoms with Crippen LogP contribution in [0.4, 0.5) is 0 Å². The van der Waals surface area contributed by atoms with Crippen molar-refractivity contribution in [1.29, 1.82) is 0 Å². The summed E-state index contributed by atoms with van der Waals surface area (Å²) in [5, 5.41) is 0. The molecule has 0 spiro atoms. The minimum Gasteiger partial charge on any atom is -0.465 e. The molecule has 0 bridgehead atoms. The summed E-state index contributed by atoms with van der Waals surface area (Å²) >= 11 is 0. The molecule has 0 N–H and O–H groups in total. The Labute approximate surface area is 146 Å². The number of hydrogen-bond donors (Lipinski definition) is 0. The molecule has 0 aliphatic carbocycles. The van der Waals surface area contributed by atoms with Crippen molar-refractivity contribution in [2.24, 2.45) is 5.92 Å². The molecule has 4 heteroatoms. The van der Waals surface area contributed by atoms with Gasteiger partial charge in [-0.25, -0.2) is 0 Å². The standard InChI is InChI=1S/C20H33N3O/c1-3-18-6-7-19(24-18)15-23-11-8-20-16(13-23)12-17(21(20)2)14-22-9-4-5-10-22/h6-7,16-17,20H,3-5,8-15H2,1-2H3/t16-,17+,20+/m1/s1. The molecule has 0 saturated carbocycles. The van der Waals surface area contributed by atoms with Crippen LogP contribution < -0.4 is 0 Å². The third kappa shape index (κ3) is 3.42. The van der Waals surface area contributed by atoms with Gasteiger partial charge in [0.05, 0.1) is 6.54 Å². The third-order valence-corrected chi connectivity index (χ3v) is 6.56. The Morgan fingerprint density at radius 1 is 1.08 bits per heavy atom. The Morgan fingerprint density at radius 3 is 2.62 bits per heavy atom. The smallest absolute Gasteiger partial charge is 0.118 e. The van der Waals surface area contributed by atoms with Crippen molar-refractivity contribution < 1.29 is 4.42 Å². The zero-order valence-electron chi connectivity index (χ0n) is 15.4. The molecule has 3 aliphatic rings. The van der Waals surface area contributed by atoms with E-state index >= 15 is 0 Å². The number of fused-ring (bicyclic) bond motifs is 1. The Bertz CT molecular complexity index is 537. The summed E-state index contributed by atoms with van der Waals surface area (Å²) in [7, 11) is 2.38. The first kappa shape index (κ1) is 16.6. The molecule has 0 unspecified atom stereocenters. The van der Waals surface area contributed by atoms with E-state index < -0.39 is 0 Å². The maximum absolute atomic E-state index is 5.92. The van der Waals surface area contributed by atoms with E-state index in [1.165, 1.54) is 58.4 Å². The fraction of sp³-hybridized carbons (Fsp3) is 0.800. The highest BCUT2D eigenvalue weighted by atomic mass is 16.3. The van der Waals surface area contributed by atoms with Crippen LogP contribution in [0, 0.1) is 5.92 Å². The van der Waals surface area contributed by atoms with Gasteiger partial charge in [-0.3, -0.25) is 9.80 Å². The second kappa shape index (κ2) is 7.19. The molecule has 1 aromatic heterocycles. The molecule has 0 amide bonds. The van der Waals surface area contributed by atoms with Gasteiger partial charge in [0.1, 0.15) is 11.5 Å². The molecule has 0 radical (unpaired) electrons. The summed E-state index contributed by atoms with van der Waals surface area (Å²) in [6, 6.07) is 5.88. The van der Waals surface area contributed by atoms with Gasteiger partial charge < -0.3 is 9.32 Å². The van der Waals surface area contributed by atoms with Crippen LogP contribution in [0.1, 0.15) is 44.1 Å². The lowest BCUT2D eigenvalue weighted by molar-refractivity contribution is 0.102. The highest BCUT2D eigenvalue weighted by Crippen LogP contribution is 2.35. The van der Waals surface area contributed by atoms with Crippen molar-refractivity contribution in [3.05, 3.63) is 23.7 Å². The van der Waals surface area contributed by atoms with Crippen LogP contribution in [-0.2, 0) is 13.0 Å². The highest BCUT2D eigenvalue weighted by Gasteiger charge is 2.42. The molecule has 0 aromatic carbocycles. The Morgan fingerprint density at radius 2 is 1.88 bits per heavy atom. The molecule has 4 nitrogen and oxygen atoms in total. The van der Waals surface area contributed by atoms with Gasteiger partial charge in [-0.05, 0) is 63.9 Å². The van der Waals surface area contributed by atoms with Crippen molar-refractivity contribution in [3.8, 4) is 0 Å². The Kier molecular flexibility index (Phi) is 4.98. The van der Waals surface area contributed by atoms with E-state index in [2.05, 4.69) is 40.8 Å². The number of hydrogen-bond acceptors (Lipinski definition) is 4. The third-order valence-electron chi connectivity index (χ3n) is 6.56. The van der Waals surface area contributed by atoms with Gasteiger partial charge in [-0.15, -0.1) is 0 Å². The summed E-state index contributed by atoms with van der Waals surface area (Å²) < 4.78 is 5.92. The van der Waals surface area contributed by atoms with Crippen molar-refractivity contribution >= 4 is 0 Å². The fourth-order valence-electron chi connectivity index (χ4n) is 5.18. The average Bonchev–Trinajstić information content (AvgIpc) is 3.30. The summed E-state index contributed by atoms with van der Waals surface area (Å²) in [6.45, 7) is 9.54. The van der Waals surface area contributed by atoms with Gasteiger partial charge in [-0.1, -0.05) is 6.92 Å². The Balaban J connectivity index is 1.33. The number of rotatable bonds is 5. The average molecular weight is 332 g/mol. The van der Waals surface area contributed by atoms with Gasteiger partial charge in [-0.2, -0.15) is 0 Å². The van der Waals surface area contributed by atoms with Crippen LogP contribution in [-0.4, -0.2) is 66.6 Å². The van der Waals surface area contributed by atoms with E-state index in [1.54, 1.807) is 0 Å². The normalized spacial score (nSPS) is 32.5. The molecule has 3 aliphatic heterocycles. The monoisotopic (exact) mass is 331 g/mol. The Hall–Kier alpha value is -0.840. The minimum absolute atomic E-state index is 0.772. The maximum Gasteiger partial charge on any atom is 0.118 e. The zero-order valence-corrected chi connectivity index (χ0v) is 15.4. The van der Waals surface area contributed by atoms with Crippen LogP contribution in [0.3, 0.4) is 0 Å². The van der Waals surface area contributed by atoms with Crippen molar-refractivity contribution in [2.45, 2.75) is 57.7 Å². The lowest BCUT2D eigenvalue weighted by Crippen LogP contribution is -2.46. The summed E-state index contributed by atoms with van der Waals surface area (Å²) in [5.41, 5.74) is 0. The number of likely N-dealkylation sites (tertiary alicyclic amines) is 3. The number of piperidine rings is 1. The molecule has 3 saturated heterocycles. The van der Waals surface area contributed by atoms with E-state index in [9.17, 15) is 0 Å². The van der Waals surface area contributed by atoms with E-state index in [4.69, 9.17) is 4.42 Å². The molecular weight excluding hydrogens is 298 g/mol. The first-order chi connectivity index (χ1) is 11.7. The van der Waals surface area contributed by atoms with Crippen LogP contribution in [0.25, 0.3) is 0 Å². The van der Waals surface area contributed by atoms with Gasteiger partial charge in [0.25, 0.3) is 0 Å². The molecule has 4 rings (SSSR count). The number of likely N-dealkylation sites (N-methyl/N-ethyl adjacent to an activating group) is 1. The molecule has 134 valence electrons. The predicted octanol–water partition coefficient (Wildman–Crippen LogP) is 2.83. The largest absolute Gasteiger partial charge is 0.465 e. The number of aryl methyl sites for hydroxylation is 1. The first-order valence-electron chi connectivity index (χ1n) is 9.97. The molecule has 4 heterocycles. The predicted molar refractivity (Wildman–Crippen MR) is 97.1 cm³/mol. The summed E-state index contributed by atoms with van der Waals surface area (Å²) in [6.07, 6.45) is 6.50. The van der Waals surface area contributed by atoms with Crippen LogP contribution in [0.5, 0.6) is 0 Å². The van der Waals surface area contributed by atoms with Gasteiger partial charge in [0.2, 0.25) is 0 Å². The second-order valence-electron chi connectivity index (χ2n) is 8.14. The van der Waals surface area contributed by atoms with Crippen molar-refractivity contribution in [2.75, 3.05) is 39.8 Å². The lowest BCUT2D eigenvalue weighted by Gasteiger charge is -2.37.